The molecule has 1 N–H and O–H groups in total. The Labute approximate surface area is 124 Å². The summed E-state index contributed by atoms with van der Waals surface area (Å²) in [5.41, 5.74) is 0.0398. The van der Waals surface area contributed by atoms with Crippen molar-refractivity contribution >= 4 is 17.3 Å². The maximum Gasteiger partial charge on any atom is 0.311 e. The second-order valence-electron chi connectivity index (χ2n) is 5.37. The van der Waals surface area contributed by atoms with Crippen molar-refractivity contribution in [2.75, 3.05) is 29.9 Å². The van der Waals surface area contributed by atoms with Crippen molar-refractivity contribution in [3.63, 3.8) is 0 Å². The molecule has 7 nitrogen and oxygen atoms in total. The quantitative estimate of drug-likeness (QED) is 0.663. The van der Waals surface area contributed by atoms with Crippen LogP contribution < -0.4 is 10.2 Å². The second-order valence-corrected chi connectivity index (χ2v) is 5.37. The molecule has 0 bridgehead atoms. The molecule has 1 saturated heterocycles. The van der Waals surface area contributed by atoms with Gasteiger partial charge in [-0.2, -0.15) is 0 Å². The number of morpholine rings is 1. The van der Waals surface area contributed by atoms with Gasteiger partial charge < -0.3 is 15.0 Å². The molecule has 0 amide bonds. The largest absolute Gasteiger partial charge is 0.375 e. The molecule has 0 aliphatic carbocycles. The standard InChI is InChI=1S/C14H22N4O3/c1-4-7-15-13-6-5-12(18(19)20)14(16-13)17-8-11(3)21-9-10(17)2/h5-6,10-11H,4,7-9H2,1-3H3,(H,15,16). The van der Waals surface area contributed by atoms with E-state index in [4.69, 9.17) is 4.74 Å². The highest BCUT2D eigenvalue weighted by Gasteiger charge is 2.30. The number of nitro groups is 1. The minimum Gasteiger partial charge on any atom is -0.375 e. The minimum atomic E-state index is -0.376. The van der Waals surface area contributed by atoms with Crippen molar-refractivity contribution in [2.45, 2.75) is 39.3 Å². The number of ether oxygens (including phenoxy) is 1. The van der Waals surface area contributed by atoms with Crippen molar-refractivity contribution < 1.29 is 9.66 Å². The molecule has 1 fully saturated rings. The smallest absolute Gasteiger partial charge is 0.311 e. The third-order valence-electron chi connectivity index (χ3n) is 3.49. The summed E-state index contributed by atoms with van der Waals surface area (Å²) in [6, 6.07) is 3.24. The van der Waals surface area contributed by atoms with Crippen LogP contribution in [0.15, 0.2) is 12.1 Å². The number of aromatic nitrogens is 1. The fraction of sp³-hybridized carbons (Fsp3) is 0.643. The van der Waals surface area contributed by atoms with E-state index in [9.17, 15) is 10.1 Å². The Kier molecular flexibility index (Phi) is 4.95. The number of rotatable bonds is 5. The monoisotopic (exact) mass is 294 g/mol. The first-order valence-electron chi connectivity index (χ1n) is 7.30. The van der Waals surface area contributed by atoms with Crippen LogP contribution in [0.2, 0.25) is 0 Å². The number of anilines is 2. The molecule has 1 aliphatic rings. The van der Waals surface area contributed by atoms with E-state index in [1.807, 2.05) is 18.7 Å². The van der Waals surface area contributed by atoms with Gasteiger partial charge in [0.05, 0.1) is 23.7 Å². The SMILES string of the molecule is CCCNc1ccc([N+](=O)[O-])c(N2CC(C)OCC2C)n1. The Hall–Kier alpha value is -1.89. The van der Waals surface area contributed by atoms with Crippen LogP contribution in [0, 0.1) is 10.1 Å². The van der Waals surface area contributed by atoms with Crippen LogP contribution in [-0.4, -0.2) is 41.7 Å². The zero-order chi connectivity index (χ0) is 15.4. The topological polar surface area (TPSA) is 80.5 Å². The van der Waals surface area contributed by atoms with E-state index in [1.165, 1.54) is 6.07 Å². The molecule has 1 aromatic rings. The Bertz CT molecular complexity index is 509. The Morgan fingerprint density at radius 3 is 2.95 bits per heavy atom. The lowest BCUT2D eigenvalue weighted by Gasteiger charge is -2.37. The second kappa shape index (κ2) is 6.71. The number of hydrogen-bond donors (Lipinski definition) is 1. The summed E-state index contributed by atoms with van der Waals surface area (Å²) in [5.74, 6) is 1.09. The summed E-state index contributed by atoms with van der Waals surface area (Å²) in [6.07, 6.45) is 1.01. The first-order chi connectivity index (χ1) is 10.0. The predicted molar refractivity (Wildman–Crippen MR) is 81.9 cm³/mol. The van der Waals surface area contributed by atoms with Crippen LogP contribution in [0.1, 0.15) is 27.2 Å². The van der Waals surface area contributed by atoms with Gasteiger partial charge in [0.25, 0.3) is 0 Å². The molecule has 7 heteroatoms. The molecule has 0 radical (unpaired) electrons. The zero-order valence-electron chi connectivity index (χ0n) is 12.7. The molecule has 1 aliphatic heterocycles. The lowest BCUT2D eigenvalue weighted by atomic mass is 10.2. The van der Waals surface area contributed by atoms with E-state index in [0.717, 1.165) is 13.0 Å². The van der Waals surface area contributed by atoms with Crippen molar-refractivity contribution in [2.24, 2.45) is 0 Å². The molecule has 2 rings (SSSR count). The average molecular weight is 294 g/mol. The van der Waals surface area contributed by atoms with E-state index < -0.39 is 0 Å². The van der Waals surface area contributed by atoms with Crippen molar-refractivity contribution in [1.82, 2.24) is 4.98 Å². The first kappa shape index (κ1) is 15.5. The van der Waals surface area contributed by atoms with E-state index in [0.29, 0.717) is 24.8 Å². The Balaban J connectivity index is 2.35. The molecule has 21 heavy (non-hydrogen) atoms. The number of nitrogens with one attached hydrogen (secondary N) is 1. The molecule has 2 atom stereocenters. The van der Waals surface area contributed by atoms with Crippen molar-refractivity contribution in [3.05, 3.63) is 22.2 Å². The van der Waals surface area contributed by atoms with Crippen LogP contribution >= 0.6 is 0 Å². The first-order valence-corrected chi connectivity index (χ1v) is 7.30. The van der Waals surface area contributed by atoms with Gasteiger partial charge in [-0.3, -0.25) is 10.1 Å². The highest BCUT2D eigenvalue weighted by atomic mass is 16.6. The fourth-order valence-corrected chi connectivity index (χ4v) is 2.34. The van der Waals surface area contributed by atoms with Gasteiger partial charge in [-0.25, -0.2) is 4.98 Å². The lowest BCUT2D eigenvalue weighted by molar-refractivity contribution is -0.384. The zero-order valence-corrected chi connectivity index (χ0v) is 12.7. The summed E-state index contributed by atoms with van der Waals surface area (Å²) in [7, 11) is 0. The predicted octanol–water partition coefficient (Wildman–Crippen LogP) is 2.43. The summed E-state index contributed by atoms with van der Waals surface area (Å²) < 4.78 is 5.58. The van der Waals surface area contributed by atoms with Crippen molar-refractivity contribution in [1.29, 1.82) is 0 Å². The maximum atomic E-state index is 11.3. The van der Waals surface area contributed by atoms with Crippen LogP contribution in [0.4, 0.5) is 17.3 Å². The number of pyridine rings is 1. The van der Waals surface area contributed by atoms with Gasteiger partial charge in [0.2, 0.25) is 5.82 Å². The molecule has 0 saturated carbocycles. The lowest BCUT2D eigenvalue weighted by Crippen LogP contribution is -2.48. The number of hydrogen-bond acceptors (Lipinski definition) is 6. The fourth-order valence-electron chi connectivity index (χ4n) is 2.34. The Morgan fingerprint density at radius 2 is 2.29 bits per heavy atom. The summed E-state index contributed by atoms with van der Waals surface area (Å²) in [5, 5.41) is 14.4. The van der Waals surface area contributed by atoms with E-state index in [1.54, 1.807) is 6.07 Å². The van der Waals surface area contributed by atoms with Gasteiger partial charge in [0, 0.05) is 19.2 Å². The number of nitrogens with zero attached hydrogens (tertiary/aromatic N) is 3. The molecule has 1 aromatic heterocycles. The molecule has 0 aromatic carbocycles. The van der Waals surface area contributed by atoms with Gasteiger partial charge in [-0.1, -0.05) is 6.92 Å². The van der Waals surface area contributed by atoms with Crippen LogP contribution in [0.25, 0.3) is 0 Å². The normalized spacial score (nSPS) is 22.1. The molecular weight excluding hydrogens is 272 g/mol. The van der Waals surface area contributed by atoms with E-state index in [-0.39, 0.29) is 22.8 Å². The summed E-state index contributed by atoms with van der Waals surface area (Å²) >= 11 is 0. The molecule has 116 valence electrons. The highest BCUT2D eigenvalue weighted by molar-refractivity contribution is 5.62. The van der Waals surface area contributed by atoms with E-state index >= 15 is 0 Å². The van der Waals surface area contributed by atoms with Gasteiger partial charge in [-0.05, 0) is 26.3 Å². The summed E-state index contributed by atoms with van der Waals surface area (Å²) in [4.78, 5) is 17.3. The minimum absolute atomic E-state index is 0.0369. The van der Waals surface area contributed by atoms with Crippen LogP contribution in [0.3, 0.4) is 0 Å². The molecule has 2 unspecified atom stereocenters. The van der Waals surface area contributed by atoms with Gasteiger partial charge in [0.15, 0.2) is 0 Å². The molecule has 0 spiro atoms. The Morgan fingerprint density at radius 1 is 1.52 bits per heavy atom. The third kappa shape index (κ3) is 3.60. The van der Waals surface area contributed by atoms with E-state index in [2.05, 4.69) is 17.2 Å². The highest BCUT2D eigenvalue weighted by Crippen LogP contribution is 2.30. The van der Waals surface area contributed by atoms with Gasteiger partial charge >= 0.3 is 5.69 Å². The van der Waals surface area contributed by atoms with Crippen LogP contribution in [-0.2, 0) is 4.74 Å². The maximum absolute atomic E-state index is 11.3. The molecular formula is C14H22N4O3. The third-order valence-corrected chi connectivity index (χ3v) is 3.49. The molecule has 2 heterocycles. The average Bonchev–Trinajstić information content (AvgIpc) is 2.47. The van der Waals surface area contributed by atoms with Crippen LogP contribution in [0.5, 0.6) is 0 Å². The van der Waals surface area contributed by atoms with Crippen molar-refractivity contribution in [3.8, 4) is 0 Å². The van der Waals surface area contributed by atoms with Gasteiger partial charge in [-0.15, -0.1) is 0 Å². The summed E-state index contributed by atoms with van der Waals surface area (Å²) in [6.45, 7) is 7.95. The van der Waals surface area contributed by atoms with Gasteiger partial charge in [0.1, 0.15) is 5.82 Å².